The standard InChI is InChI=1S/C15H14ClF2NO/c1-9(19)6-10-2-3-11(16)7-15(10)20-14-5-4-12(17)8-13(14)18/h2-5,7-9H,6,19H2,1H3. The van der Waals surface area contributed by atoms with Gasteiger partial charge in [0, 0.05) is 17.1 Å². The molecule has 0 heterocycles. The van der Waals surface area contributed by atoms with E-state index in [1.165, 1.54) is 6.07 Å². The molecule has 20 heavy (non-hydrogen) atoms. The summed E-state index contributed by atoms with van der Waals surface area (Å²) in [5.41, 5.74) is 6.58. The smallest absolute Gasteiger partial charge is 0.168 e. The van der Waals surface area contributed by atoms with Crippen molar-refractivity contribution < 1.29 is 13.5 Å². The SMILES string of the molecule is CC(N)Cc1ccc(Cl)cc1Oc1ccc(F)cc1F. The minimum absolute atomic E-state index is 0.0559. The van der Waals surface area contributed by atoms with E-state index in [0.717, 1.165) is 17.7 Å². The van der Waals surface area contributed by atoms with Crippen molar-refractivity contribution in [1.82, 2.24) is 0 Å². The molecule has 0 bridgehead atoms. The molecular formula is C15H14ClF2NO. The van der Waals surface area contributed by atoms with E-state index in [2.05, 4.69) is 0 Å². The molecule has 2 rings (SSSR count). The molecule has 0 aliphatic rings. The quantitative estimate of drug-likeness (QED) is 0.913. The Labute approximate surface area is 121 Å². The van der Waals surface area contributed by atoms with Crippen LogP contribution in [0.1, 0.15) is 12.5 Å². The highest BCUT2D eigenvalue weighted by Crippen LogP contribution is 2.30. The van der Waals surface area contributed by atoms with Crippen LogP contribution in [0, 0.1) is 11.6 Å². The fourth-order valence-electron chi connectivity index (χ4n) is 1.82. The van der Waals surface area contributed by atoms with E-state index in [4.69, 9.17) is 22.1 Å². The molecule has 2 nitrogen and oxygen atoms in total. The predicted molar refractivity (Wildman–Crippen MR) is 75.2 cm³/mol. The highest BCUT2D eigenvalue weighted by Gasteiger charge is 2.11. The van der Waals surface area contributed by atoms with Gasteiger partial charge in [-0.25, -0.2) is 8.78 Å². The maximum absolute atomic E-state index is 13.6. The Bertz CT molecular complexity index is 617. The van der Waals surface area contributed by atoms with Gasteiger partial charge < -0.3 is 10.5 Å². The third kappa shape index (κ3) is 3.68. The summed E-state index contributed by atoms with van der Waals surface area (Å²) in [7, 11) is 0. The van der Waals surface area contributed by atoms with Crippen LogP contribution in [0.15, 0.2) is 36.4 Å². The summed E-state index contributed by atoms with van der Waals surface area (Å²) in [6.45, 7) is 1.86. The molecule has 2 aromatic rings. The molecule has 0 aliphatic carbocycles. The Balaban J connectivity index is 2.34. The molecule has 0 amide bonds. The maximum atomic E-state index is 13.6. The van der Waals surface area contributed by atoms with Crippen LogP contribution < -0.4 is 10.5 Å². The fourth-order valence-corrected chi connectivity index (χ4v) is 1.98. The Kier molecular flexibility index (Phi) is 4.57. The zero-order valence-electron chi connectivity index (χ0n) is 10.9. The van der Waals surface area contributed by atoms with E-state index in [-0.39, 0.29) is 11.8 Å². The maximum Gasteiger partial charge on any atom is 0.168 e. The average molecular weight is 298 g/mol. The van der Waals surface area contributed by atoms with Crippen molar-refractivity contribution in [3.05, 3.63) is 58.6 Å². The van der Waals surface area contributed by atoms with Crippen molar-refractivity contribution in [1.29, 1.82) is 0 Å². The number of halogens is 3. The minimum atomic E-state index is -0.767. The molecular weight excluding hydrogens is 284 g/mol. The van der Waals surface area contributed by atoms with Crippen molar-refractivity contribution in [2.45, 2.75) is 19.4 Å². The lowest BCUT2D eigenvalue weighted by Crippen LogP contribution is -2.18. The van der Waals surface area contributed by atoms with Crippen LogP contribution in [-0.4, -0.2) is 6.04 Å². The van der Waals surface area contributed by atoms with Gasteiger partial charge in [-0.3, -0.25) is 0 Å². The van der Waals surface area contributed by atoms with E-state index in [9.17, 15) is 8.78 Å². The van der Waals surface area contributed by atoms with Crippen molar-refractivity contribution in [2.24, 2.45) is 5.73 Å². The van der Waals surface area contributed by atoms with Crippen molar-refractivity contribution >= 4 is 11.6 Å². The number of rotatable bonds is 4. The van der Waals surface area contributed by atoms with Crippen molar-refractivity contribution in [2.75, 3.05) is 0 Å². The summed E-state index contributed by atoms with van der Waals surface area (Å²) in [4.78, 5) is 0. The third-order valence-electron chi connectivity index (χ3n) is 2.68. The van der Waals surface area contributed by atoms with E-state index in [0.29, 0.717) is 17.2 Å². The first-order valence-electron chi connectivity index (χ1n) is 6.12. The van der Waals surface area contributed by atoms with E-state index in [1.54, 1.807) is 18.2 Å². The summed E-state index contributed by atoms with van der Waals surface area (Å²) in [5.74, 6) is -1.06. The van der Waals surface area contributed by atoms with Gasteiger partial charge in [0.1, 0.15) is 11.6 Å². The molecule has 0 aliphatic heterocycles. The van der Waals surface area contributed by atoms with Gasteiger partial charge in [0.2, 0.25) is 0 Å². The molecule has 0 saturated carbocycles. The summed E-state index contributed by atoms with van der Waals surface area (Å²) in [6, 6.07) is 8.15. The second kappa shape index (κ2) is 6.20. The Hall–Kier alpha value is -1.65. The molecule has 2 N–H and O–H groups in total. The normalized spacial score (nSPS) is 12.2. The molecule has 1 atom stereocenters. The number of benzene rings is 2. The molecule has 0 radical (unpaired) electrons. The van der Waals surface area contributed by atoms with Crippen LogP contribution in [0.4, 0.5) is 8.78 Å². The average Bonchev–Trinajstić information content (AvgIpc) is 2.35. The van der Waals surface area contributed by atoms with Gasteiger partial charge in [-0.05, 0) is 43.2 Å². The summed E-state index contributed by atoms with van der Waals surface area (Å²) < 4.78 is 32.0. The monoisotopic (exact) mass is 297 g/mol. The molecule has 0 spiro atoms. The predicted octanol–water partition coefficient (Wildman–Crippen LogP) is 4.30. The third-order valence-corrected chi connectivity index (χ3v) is 2.92. The summed E-state index contributed by atoms with van der Waals surface area (Å²) >= 11 is 5.92. The van der Waals surface area contributed by atoms with E-state index >= 15 is 0 Å². The van der Waals surface area contributed by atoms with Gasteiger partial charge in [0.05, 0.1) is 0 Å². The molecule has 0 saturated heterocycles. The largest absolute Gasteiger partial charge is 0.454 e. The summed E-state index contributed by atoms with van der Waals surface area (Å²) in [6.07, 6.45) is 0.565. The van der Waals surface area contributed by atoms with Crippen LogP contribution in [0.3, 0.4) is 0 Å². The highest BCUT2D eigenvalue weighted by molar-refractivity contribution is 6.30. The molecule has 2 aromatic carbocycles. The van der Waals surface area contributed by atoms with E-state index in [1.807, 2.05) is 6.92 Å². The Morgan fingerprint density at radius 1 is 1.15 bits per heavy atom. The molecule has 0 fully saturated rings. The van der Waals surface area contributed by atoms with Crippen LogP contribution in [-0.2, 0) is 6.42 Å². The first-order valence-corrected chi connectivity index (χ1v) is 6.50. The molecule has 1 unspecified atom stereocenters. The van der Waals surface area contributed by atoms with E-state index < -0.39 is 11.6 Å². The van der Waals surface area contributed by atoms with Crippen LogP contribution >= 0.6 is 11.6 Å². The van der Waals surface area contributed by atoms with Crippen molar-refractivity contribution in [3.8, 4) is 11.5 Å². The Morgan fingerprint density at radius 3 is 2.55 bits per heavy atom. The van der Waals surface area contributed by atoms with Crippen molar-refractivity contribution in [3.63, 3.8) is 0 Å². The number of ether oxygens (including phenoxy) is 1. The number of hydrogen-bond donors (Lipinski definition) is 1. The van der Waals surface area contributed by atoms with Gasteiger partial charge in [-0.15, -0.1) is 0 Å². The highest BCUT2D eigenvalue weighted by atomic mass is 35.5. The van der Waals surface area contributed by atoms with Crippen LogP contribution in [0.2, 0.25) is 5.02 Å². The lowest BCUT2D eigenvalue weighted by molar-refractivity contribution is 0.432. The zero-order valence-corrected chi connectivity index (χ0v) is 11.6. The Morgan fingerprint density at radius 2 is 1.90 bits per heavy atom. The van der Waals surface area contributed by atoms with Gasteiger partial charge >= 0.3 is 0 Å². The number of hydrogen-bond acceptors (Lipinski definition) is 2. The molecule has 5 heteroatoms. The zero-order chi connectivity index (χ0) is 14.7. The number of nitrogens with two attached hydrogens (primary N) is 1. The second-order valence-electron chi connectivity index (χ2n) is 4.61. The first kappa shape index (κ1) is 14.8. The minimum Gasteiger partial charge on any atom is -0.454 e. The summed E-state index contributed by atoms with van der Waals surface area (Å²) in [5, 5.41) is 0.468. The van der Waals surface area contributed by atoms with Crippen LogP contribution in [0.25, 0.3) is 0 Å². The fraction of sp³-hybridized carbons (Fsp3) is 0.200. The van der Waals surface area contributed by atoms with Gasteiger partial charge in [-0.1, -0.05) is 17.7 Å². The topological polar surface area (TPSA) is 35.2 Å². The van der Waals surface area contributed by atoms with Gasteiger partial charge in [-0.2, -0.15) is 0 Å². The van der Waals surface area contributed by atoms with Gasteiger partial charge in [0.15, 0.2) is 11.6 Å². The molecule has 106 valence electrons. The second-order valence-corrected chi connectivity index (χ2v) is 5.05. The lowest BCUT2D eigenvalue weighted by atomic mass is 10.1. The van der Waals surface area contributed by atoms with Gasteiger partial charge in [0.25, 0.3) is 0 Å². The van der Waals surface area contributed by atoms with Crippen LogP contribution in [0.5, 0.6) is 11.5 Å². The first-order chi connectivity index (χ1) is 9.45. The lowest BCUT2D eigenvalue weighted by Gasteiger charge is -2.13. The molecule has 0 aromatic heterocycles.